The number of hydrogen-bond donors (Lipinski definition) is 11. The lowest BCUT2D eigenvalue weighted by Gasteiger charge is -2.49. The van der Waals surface area contributed by atoms with Gasteiger partial charge in [0.25, 0.3) is 0 Å². The van der Waals surface area contributed by atoms with Gasteiger partial charge in [0.1, 0.15) is 61.0 Å². The molecule has 0 bridgehead atoms. The lowest BCUT2D eigenvalue weighted by atomic mass is 9.94. The molecule has 3 rings (SSSR count). The van der Waals surface area contributed by atoms with E-state index in [4.69, 9.17) is 35.2 Å². The Bertz CT molecular complexity index is 749. The molecule has 3 saturated heterocycles. The maximum Gasteiger partial charge on any atom is 0.217 e. The van der Waals surface area contributed by atoms with E-state index in [0.29, 0.717) is 0 Å². The van der Waals surface area contributed by atoms with Gasteiger partial charge in [-0.25, -0.2) is 0 Å². The zero-order valence-electron chi connectivity index (χ0n) is 20.0. The van der Waals surface area contributed by atoms with Gasteiger partial charge in [-0.2, -0.15) is 0 Å². The van der Waals surface area contributed by atoms with Crippen molar-refractivity contribution in [3.8, 4) is 0 Å². The van der Waals surface area contributed by atoms with Crippen LogP contribution in [0.4, 0.5) is 0 Å². The molecule has 3 aliphatic heterocycles. The quantitative estimate of drug-likeness (QED) is 0.135. The predicted molar refractivity (Wildman–Crippen MR) is 117 cm³/mol. The molecule has 0 aromatic heterocycles. The maximum absolute atomic E-state index is 11.9. The fourth-order valence-electron chi connectivity index (χ4n) is 4.55. The molecule has 0 aromatic rings. The summed E-state index contributed by atoms with van der Waals surface area (Å²) in [4.78, 5) is 11.9. The second-order valence-corrected chi connectivity index (χ2v) is 9.24. The number of amides is 1. The Morgan fingerprint density at radius 1 is 0.730 bits per heavy atom. The lowest BCUT2D eigenvalue weighted by molar-refractivity contribution is -0.350. The van der Waals surface area contributed by atoms with E-state index in [2.05, 4.69) is 5.32 Å². The molecule has 0 aromatic carbocycles. The van der Waals surface area contributed by atoms with E-state index in [0.717, 1.165) is 6.92 Å². The summed E-state index contributed by atoms with van der Waals surface area (Å²) < 4.78 is 27.8. The largest absolute Gasteiger partial charge is 0.394 e. The van der Waals surface area contributed by atoms with Crippen LogP contribution in [-0.2, 0) is 28.5 Å². The van der Waals surface area contributed by atoms with Gasteiger partial charge in [0.2, 0.25) is 5.91 Å². The van der Waals surface area contributed by atoms with Gasteiger partial charge >= 0.3 is 0 Å². The Morgan fingerprint density at radius 3 is 1.81 bits per heavy atom. The average Bonchev–Trinajstić information content (AvgIpc) is 2.87. The van der Waals surface area contributed by atoms with E-state index >= 15 is 0 Å². The third kappa shape index (κ3) is 6.38. The van der Waals surface area contributed by atoms with Crippen molar-refractivity contribution in [3.63, 3.8) is 0 Å². The highest BCUT2D eigenvalue weighted by atomic mass is 16.7. The average molecular weight is 544 g/mol. The molecule has 0 radical (unpaired) electrons. The van der Waals surface area contributed by atoms with Crippen molar-refractivity contribution in [1.82, 2.24) is 5.32 Å². The van der Waals surface area contributed by atoms with Crippen LogP contribution in [0.3, 0.4) is 0 Å². The van der Waals surface area contributed by atoms with Crippen molar-refractivity contribution in [2.45, 2.75) is 98.9 Å². The zero-order chi connectivity index (χ0) is 27.6. The van der Waals surface area contributed by atoms with E-state index in [1.807, 2.05) is 0 Å². The van der Waals surface area contributed by atoms with Gasteiger partial charge in [-0.1, -0.05) is 0 Å². The summed E-state index contributed by atoms with van der Waals surface area (Å²) in [6.07, 6.45) is -17.6. The van der Waals surface area contributed by atoms with E-state index in [1.165, 1.54) is 0 Å². The highest BCUT2D eigenvalue weighted by Gasteiger charge is 2.53. The molecule has 0 aliphatic carbocycles. The van der Waals surface area contributed by atoms with Crippen LogP contribution in [0, 0.1) is 0 Å². The molecule has 216 valence electrons. The van der Waals surface area contributed by atoms with Crippen LogP contribution < -0.4 is 16.8 Å². The normalized spacial score (nSPS) is 49.0. The molecule has 0 spiro atoms. The fourth-order valence-corrected chi connectivity index (χ4v) is 4.55. The third-order valence-electron chi connectivity index (χ3n) is 6.65. The molecular weight excluding hydrogens is 506 g/mol. The molecule has 13 N–H and O–H groups in total. The van der Waals surface area contributed by atoms with Crippen LogP contribution in [0.2, 0.25) is 0 Å². The monoisotopic (exact) mass is 543 g/mol. The second kappa shape index (κ2) is 12.8. The summed E-state index contributed by atoms with van der Waals surface area (Å²) in [6, 6.07) is -4.04. The smallest absolute Gasteiger partial charge is 0.217 e. The van der Waals surface area contributed by atoms with Crippen LogP contribution >= 0.6 is 0 Å². The molecule has 1 amide bonds. The first-order valence-corrected chi connectivity index (χ1v) is 11.7. The molecule has 17 heteroatoms. The van der Waals surface area contributed by atoms with Crippen LogP contribution in [0.25, 0.3) is 0 Å². The van der Waals surface area contributed by atoms with Crippen LogP contribution in [-0.4, -0.2) is 159 Å². The molecule has 3 heterocycles. The molecule has 37 heavy (non-hydrogen) atoms. The maximum atomic E-state index is 11.9. The SMILES string of the molecule is CC(=O)NC1C(OC2C(CO)OC(O)C(N)C2O)OC(CO)C(OC2OC(CO)C(O)C(O)C2N)C1O. The number of ether oxygens (including phenoxy) is 5. The molecule has 3 fully saturated rings. The highest BCUT2D eigenvalue weighted by Crippen LogP contribution is 2.31. The Hall–Kier alpha value is -1.13. The number of carbonyl (C=O) groups excluding carboxylic acids is 1. The van der Waals surface area contributed by atoms with Crippen LogP contribution in [0.5, 0.6) is 0 Å². The first-order valence-electron chi connectivity index (χ1n) is 11.7. The minimum absolute atomic E-state index is 0.627. The lowest BCUT2D eigenvalue weighted by Crippen LogP contribution is -2.70. The number of nitrogens with one attached hydrogen (secondary N) is 1. The zero-order valence-corrected chi connectivity index (χ0v) is 20.0. The Morgan fingerprint density at radius 2 is 1.24 bits per heavy atom. The van der Waals surface area contributed by atoms with Gasteiger partial charge in [0, 0.05) is 6.92 Å². The first kappa shape index (κ1) is 30.4. The molecule has 15 unspecified atom stereocenters. The van der Waals surface area contributed by atoms with Gasteiger partial charge < -0.3 is 81.3 Å². The van der Waals surface area contributed by atoms with Crippen LogP contribution in [0.1, 0.15) is 6.92 Å². The van der Waals surface area contributed by atoms with Crippen molar-refractivity contribution in [1.29, 1.82) is 0 Å². The number of hydrogen-bond acceptors (Lipinski definition) is 16. The van der Waals surface area contributed by atoms with E-state index in [-0.39, 0.29) is 0 Å². The second-order valence-electron chi connectivity index (χ2n) is 9.24. The number of carbonyl (C=O) groups is 1. The summed E-state index contributed by atoms with van der Waals surface area (Å²) in [5, 5.41) is 83.1. The number of rotatable bonds is 8. The van der Waals surface area contributed by atoms with Gasteiger partial charge in [0.05, 0.1) is 31.9 Å². The van der Waals surface area contributed by atoms with E-state index in [9.17, 15) is 45.6 Å². The van der Waals surface area contributed by atoms with Crippen molar-refractivity contribution >= 4 is 5.91 Å². The Labute approximate surface area is 211 Å². The van der Waals surface area contributed by atoms with Crippen molar-refractivity contribution in [2.24, 2.45) is 11.5 Å². The van der Waals surface area contributed by atoms with Crippen molar-refractivity contribution < 1.29 is 69.3 Å². The molecule has 15 atom stereocenters. The first-order chi connectivity index (χ1) is 17.4. The fraction of sp³-hybridized carbons (Fsp3) is 0.950. The van der Waals surface area contributed by atoms with Gasteiger partial charge in [-0.15, -0.1) is 0 Å². The predicted octanol–water partition coefficient (Wildman–Crippen LogP) is -7.50. The Kier molecular flexibility index (Phi) is 10.5. The van der Waals surface area contributed by atoms with Gasteiger partial charge in [0.15, 0.2) is 18.9 Å². The molecular formula is C20H37N3O14. The minimum atomic E-state index is -1.67. The van der Waals surface area contributed by atoms with E-state index < -0.39 is 118 Å². The molecule has 17 nitrogen and oxygen atoms in total. The van der Waals surface area contributed by atoms with Gasteiger partial charge in [-0.3, -0.25) is 4.79 Å². The standard InChI is InChI=1S/C20H37N3O14/c1-5(27)23-11-15(31)17(36-19-10(22)13(29)12(28)6(2-24)34-19)8(4-26)35-20(11)37-16-7(3-25)33-18(32)9(21)14(16)30/h6-20,24-26,28-32H,2-4,21-22H2,1H3,(H,23,27). The number of aliphatic hydroxyl groups is 8. The summed E-state index contributed by atoms with van der Waals surface area (Å²) >= 11 is 0. The van der Waals surface area contributed by atoms with E-state index in [1.54, 1.807) is 0 Å². The Balaban J connectivity index is 1.83. The third-order valence-corrected chi connectivity index (χ3v) is 6.65. The summed E-state index contributed by atoms with van der Waals surface area (Å²) in [5.74, 6) is -0.627. The number of nitrogens with two attached hydrogens (primary N) is 2. The summed E-state index contributed by atoms with van der Waals surface area (Å²) in [5.41, 5.74) is 11.6. The van der Waals surface area contributed by atoms with Gasteiger partial charge in [-0.05, 0) is 0 Å². The van der Waals surface area contributed by atoms with Crippen molar-refractivity contribution in [2.75, 3.05) is 19.8 Å². The van der Waals surface area contributed by atoms with Crippen molar-refractivity contribution in [3.05, 3.63) is 0 Å². The molecule has 0 saturated carbocycles. The topological polar surface area (TPSA) is 289 Å². The summed E-state index contributed by atoms with van der Waals surface area (Å²) in [7, 11) is 0. The summed E-state index contributed by atoms with van der Waals surface area (Å²) in [6.45, 7) is -0.992. The highest BCUT2D eigenvalue weighted by molar-refractivity contribution is 5.73. The minimum Gasteiger partial charge on any atom is -0.394 e. The van der Waals surface area contributed by atoms with Crippen LogP contribution in [0.15, 0.2) is 0 Å². The number of aliphatic hydroxyl groups excluding tert-OH is 8. The molecule has 3 aliphatic rings.